The van der Waals surface area contributed by atoms with E-state index in [2.05, 4.69) is 23.3 Å². The summed E-state index contributed by atoms with van der Waals surface area (Å²) in [5, 5.41) is 4.23. The van der Waals surface area contributed by atoms with Crippen LogP contribution in [-0.2, 0) is 0 Å². The molecule has 108 valence electrons. The quantitative estimate of drug-likeness (QED) is 0.787. The topological polar surface area (TPSA) is 47.0 Å². The SMILES string of the molecule is CCOc1ccccc1-c1nc(NC)c2cc(C)sc2n1. The highest BCUT2D eigenvalue weighted by molar-refractivity contribution is 7.18. The summed E-state index contributed by atoms with van der Waals surface area (Å²) in [5.74, 6) is 2.36. The molecule has 0 aliphatic heterocycles. The van der Waals surface area contributed by atoms with Crippen molar-refractivity contribution in [2.75, 3.05) is 19.0 Å². The van der Waals surface area contributed by atoms with Crippen LogP contribution in [0.25, 0.3) is 21.6 Å². The van der Waals surface area contributed by atoms with Crippen LogP contribution in [-0.4, -0.2) is 23.6 Å². The van der Waals surface area contributed by atoms with Gasteiger partial charge < -0.3 is 10.1 Å². The third-order valence-electron chi connectivity index (χ3n) is 3.18. The molecule has 3 aromatic rings. The zero-order valence-corrected chi connectivity index (χ0v) is 13.1. The summed E-state index contributed by atoms with van der Waals surface area (Å²) in [6.07, 6.45) is 0. The number of nitrogens with zero attached hydrogens (tertiary/aromatic N) is 2. The van der Waals surface area contributed by atoms with Gasteiger partial charge in [0.15, 0.2) is 5.82 Å². The molecule has 1 aromatic carbocycles. The number of anilines is 1. The maximum atomic E-state index is 5.69. The molecule has 0 amide bonds. The van der Waals surface area contributed by atoms with Gasteiger partial charge in [-0.05, 0) is 32.0 Å². The van der Waals surface area contributed by atoms with E-state index in [0.29, 0.717) is 12.4 Å². The molecule has 0 aliphatic carbocycles. The van der Waals surface area contributed by atoms with Gasteiger partial charge in [0.05, 0.1) is 17.6 Å². The van der Waals surface area contributed by atoms with E-state index in [9.17, 15) is 0 Å². The van der Waals surface area contributed by atoms with Crippen molar-refractivity contribution in [3.05, 3.63) is 35.2 Å². The molecule has 3 rings (SSSR count). The van der Waals surface area contributed by atoms with E-state index in [0.717, 1.165) is 27.3 Å². The number of aromatic nitrogens is 2. The molecule has 0 saturated heterocycles. The minimum absolute atomic E-state index is 0.621. The minimum atomic E-state index is 0.621. The first-order valence-corrected chi connectivity index (χ1v) is 7.72. The van der Waals surface area contributed by atoms with Crippen LogP contribution < -0.4 is 10.1 Å². The Morgan fingerprint density at radius 2 is 2.05 bits per heavy atom. The Morgan fingerprint density at radius 1 is 1.24 bits per heavy atom. The molecule has 0 saturated carbocycles. The van der Waals surface area contributed by atoms with Crippen LogP contribution in [0.15, 0.2) is 30.3 Å². The highest BCUT2D eigenvalue weighted by atomic mass is 32.1. The molecule has 4 nitrogen and oxygen atoms in total. The van der Waals surface area contributed by atoms with Crippen LogP contribution >= 0.6 is 11.3 Å². The zero-order valence-electron chi connectivity index (χ0n) is 12.3. The summed E-state index contributed by atoms with van der Waals surface area (Å²) in [6, 6.07) is 9.99. The lowest BCUT2D eigenvalue weighted by Gasteiger charge is -2.10. The lowest BCUT2D eigenvalue weighted by atomic mass is 10.2. The van der Waals surface area contributed by atoms with Crippen molar-refractivity contribution in [1.29, 1.82) is 0 Å². The third-order valence-corrected chi connectivity index (χ3v) is 4.12. The number of hydrogen-bond donors (Lipinski definition) is 1. The highest BCUT2D eigenvalue weighted by Crippen LogP contribution is 2.33. The average molecular weight is 299 g/mol. The van der Waals surface area contributed by atoms with E-state index >= 15 is 0 Å². The molecule has 0 fully saturated rings. The first kappa shape index (κ1) is 13.8. The molecular weight excluding hydrogens is 282 g/mol. The summed E-state index contributed by atoms with van der Waals surface area (Å²) in [6.45, 7) is 4.68. The first-order chi connectivity index (χ1) is 10.2. The van der Waals surface area contributed by atoms with Gasteiger partial charge in [-0.2, -0.15) is 0 Å². The fourth-order valence-electron chi connectivity index (χ4n) is 2.29. The average Bonchev–Trinajstić information content (AvgIpc) is 2.87. The largest absolute Gasteiger partial charge is 0.493 e. The van der Waals surface area contributed by atoms with Crippen LogP contribution in [0.2, 0.25) is 0 Å². The Balaban J connectivity index is 2.21. The Hall–Kier alpha value is -2.14. The van der Waals surface area contributed by atoms with Crippen molar-refractivity contribution in [3.8, 4) is 17.1 Å². The Labute approximate surface area is 127 Å². The predicted molar refractivity (Wildman–Crippen MR) is 88.3 cm³/mol. The molecule has 0 spiro atoms. The van der Waals surface area contributed by atoms with Gasteiger partial charge in [-0.3, -0.25) is 0 Å². The molecule has 0 atom stereocenters. The predicted octanol–water partition coefficient (Wildman–Crippen LogP) is 4.11. The van der Waals surface area contributed by atoms with E-state index in [-0.39, 0.29) is 0 Å². The number of rotatable bonds is 4. The van der Waals surface area contributed by atoms with Crippen molar-refractivity contribution in [1.82, 2.24) is 9.97 Å². The van der Waals surface area contributed by atoms with Gasteiger partial charge in [0, 0.05) is 11.9 Å². The molecule has 2 aromatic heterocycles. The van der Waals surface area contributed by atoms with Gasteiger partial charge in [-0.15, -0.1) is 11.3 Å². The second-order valence-corrected chi connectivity index (χ2v) is 5.89. The standard InChI is InChI=1S/C16H17N3OS/c1-4-20-13-8-6-5-7-11(13)15-18-14(17-3)12-9-10(2)21-16(12)19-15/h5-9H,4H2,1-3H3,(H,17,18,19). The lowest BCUT2D eigenvalue weighted by Crippen LogP contribution is -1.99. The van der Waals surface area contributed by atoms with Gasteiger partial charge in [-0.25, -0.2) is 9.97 Å². The van der Waals surface area contributed by atoms with E-state index < -0.39 is 0 Å². The molecule has 1 N–H and O–H groups in total. The number of para-hydroxylation sites is 1. The van der Waals surface area contributed by atoms with Crippen LogP contribution in [0, 0.1) is 6.92 Å². The number of nitrogens with one attached hydrogen (secondary N) is 1. The number of fused-ring (bicyclic) bond motifs is 1. The molecule has 0 bridgehead atoms. The van der Waals surface area contributed by atoms with Crippen LogP contribution in [0.3, 0.4) is 0 Å². The molecule has 0 aliphatic rings. The van der Waals surface area contributed by atoms with Crippen molar-refractivity contribution >= 4 is 27.4 Å². The van der Waals surface area contributed by atoms with E-state index in [4.69, 9.17) is 9.72 Å². The Kier molecular flexibility index (Phi) is 3.75. The molecule has 0 radical (unpaired) electrons. The molecular formula is C16H17N3OS. The van der Waals surface area contributed by atoms with E-state index in [1.807, 2.05) is 38.2 Å². The summed E-state index contributed by atoms with van der Waals surface area (Å²) in [5.41, 5.74) is 0.920. The van der Waals surface area contributed by atoms with Crippen molar-refractivity contribution in [2.24, 2.45) is 0 Å². The first-order valence-electron chi connectivity index (χ1n) is 6.91. The Bertz CT molecular complexity index is 782. The summed E-state index contributed by atoms with van der Waals surface area (Å²) < 4.78 is 5.69. The number of ether oxygens (including phenoxy) is 1. The lowest BCUT2D eigenvalue weighted by molar-refractivity contribution is 0.341. The van der Waals surface area contributed by atoms with Crippen LogP contribution in [0.4, 0.5) is 5.82 Å². The smallest absolute Gasteiger partial charge is 0.166 e. The maximum absolute atomic E-state index is 5.69. The normalized spacial score (nSPS) is 10.8. The summed E-state index contributed by atoms with van der Waals surface area (Å²) in [4.78, 5) is 11.6. The van der Waals surface area contributed by atoms with Gasteiger partial charge in [-0.1, -0.05) is 12.1 Å². The molecule has 0 unspecified atom stereocenters. The summed E-state index contributed by atoms with van der Waals surface area (Å²) >= 11 is 1.68. The number of thiophene rings is 1. The van der Waals surface area contributed by atoms with E-state index in [1.54, 1.807) is 11.3 Å². The van der Waals surface area contributed by atoms with Gasteiger partial charge in [0.1, 0.15) is 16.4 Å². The monoisotopic (exact) mass is 299 g/mol. The fraction of sp³-hybridized carbons (Fsp3) is 0.250. The summed E-state index contributed by atoms with van der Waals surface area (Å²) in [7, 11) is 1.88. The number of aryl methyl sites for hydroxylation is 1. The number of benzene rings is 1. The maximum Gasteiger partial charge on any atom is 0.166 e. The van der Waals surface area contributed by atoms with Gasteiger partial charge in [0.2, 0.25) is 0 Å². The minimum Gasteiger partial charge on any atom is -0.493 e. The zero-order chi connectivity index (χ0) is 14.8. The number of hydrogen-bond acceptors (Lipinski definition) is 5. The van der Waals surface area contributed by atoms with Crippen molar-refractivity contribution in [2.45, 2.75) is 13.8 Å². The Morgan fingerprint density at radius 3 is 2.81 bits per heavy atom. The highest BCUT2D eigenvalue weighted by Gasteiger charge is 2.14. The second kappa shape index (κ2) is 5.69. The van der Waals surface area contributed by atoms with Crippen molar-refractivity contribution in [3.63, 3.8) is 0 Å². The van der Waals surface area contributed by atoms with Crippen LogP contribution in [0.1, 0.15) is 11.8 Å². The fourth-order valence-corrected chi connectivity index (χ4v) is 3.17. The second-order valence-electron chi connectivity index (χ2n) is 4.65. The van der Waals surface area contributed by atoms with E-state index in [1.165, 1.54) is 4.88 Å². The molecule has 21 heavy (non-hydrogen) atoms. The van der Waals surface area contributed by atoms with Crippen LogP contribution in [0.5, 0.6) is 5.75 Å². The third kappa shape index (κ3) is 2.56. The molecule has 5 heteroatoms. The van der Waals surface area contributed by atoms with Gasteiger partial charge in [0.25, 0.3) is 0 Å². The molecule has 2 heterocycles. The van der Waals surface area contributed by atoms with Gasteiger partial charge >= 0.3 is 0 Å². The van der Waals surface area contributed by atoms with Crippen molar-refractivity contribution < 1.29 is 4.74 Å².